The van der Waals surface area contributed by atoms with Crippen molar-refractivity contribution in [2.45, 2.75) is 149 Å². The Bertz CT molecular complexity index is 304. The van der Waals surface area contributed by atoms with Gasteiger partial charge in [-0.1, -0.05) is 110 Å². The van der Waals surface area contributed by atoms with Gasteiger partial charge in [-0.15, -0.1) is 0 Å². The zero-order valence-electron chi connectivity index (χ0n) is 18.5. The molecule has 0 aliphatic heterocycles. The maximum absolute atomic E-state index is 11.6. The van der Waals surface area contributed by atoms with Crippen molar-refractivity contribution in [3.63, 3.8) is 0 Å². The Kier molecular flexibility index (Phi) is 17.5. The van der Waals surface area contributed by atoms with Crippen LogP contribution in [0.25, 0.3) is 0 Å². The van der Waals surface area contributed by atoms with Crippen LogP contribution in [0, 0.1) is 0 Å². The van der Waals surface area contributed by atoms with Gasteiger partial charge in [-0.25, -0.2) is 0 Å². The molecule has 0 rings (SSSR count). The topological polar surface area (TPSA) is 26.3 Å². The monoisotopic (exact) mass is 368 g/mol. The molecule has 0 radical (unpaired) electrons. The lowest BCUT2D eigenvalue weighted by Gasteiger charge is -2.19. The highest BCUT2D eigenvalue weighted by Gasteiger charge is 2.15. The fraction of sp³-hybridized carbons (Fsp3) is 0.958. The molecule has 0 unspecified atom stereocenters. The minimum Gasteiger partial charge on any atom is -0.460 e. The molecule has 0 heterocycles. The van der Waals surface area contributed by atoms with E-state index in [1.165, 1.54) is 96.3 Å². The summed E-state index contributed by atoms with van der Waals surface area (Å²) in [5, 5.41) is 0. The van der Waals surface area contributed by atoms with Gasteiger partial charge in [0.05, 0.1) is 0 Å². The number of rotatable bonds is 18. The molecule has 0 bridgehead atoms. The zero-order chi connectivity index (χ0) is 19.5. The van der Waals surface area contributed by atoms with Crippen LogP contribution in [-0.2, 0) is 9.53 Å². The molecule has 0 N–H and O–H groups in total. The first-order valence-electron chi connectivity index (χ1n) is 11.7. The molecule has 0 aromatic rings. The summed E-state index contributed by atoms with van der Waals surface area (Å²) in [7, 11) is 0. The molecule has 0 aliphatic rings. The van der Waals surface area contributed by atoms with E-state index >= 15 is 0 Å². The van der Waals surface area contributed by atoms with E-state index in [0.717, 1.165) is 12.8 Å². The van der Waals surface area contributed by atoms with E-state index in [1.807, 2.05) is 20.8 Å². The Morgan fingerprint density at radius 3 is 1.19 bits per heavy atom. The van der Waals surface area contributed by atoms with Crippen molar-refractivity contribution < 1.29 is 9.53 Å². The minimum absolute atomic E-state index is 0.0431. The van der Waals surface area contributed by atoms with E-state index in [-0.39, 0.29) is 11.6 Å². The molecular weight excluding hydrogens is 320 g/mol. The predicted molar refractivity (Wildman–Crippen MR) is 115 cm³/mol. The third-order valence-electron chi connectivity index (χ3n) is 4.90. The molecule has 0 saturated carbocycles. The van der Waals surface area contributed by atoms with Crippen LogP contribution < -0.4 is 0 Å². The number of ether oxygens (including phenoxy) is 1. The number of hydrogen-bond acceptors (Lipinski definition) is 2. The van der Waals surface area contributed by atoms with E-state index in [9.17, 15) is 4.79 Å². The van der Waals surface area contributed by atoms with Gasteiger partial charge in [0.25, 0.3) is 0 Å². The van der Waals surface area contributed by atoms with Crippen molar-refractivity contribution in [3.8, 4) is 0 Å². The summed E-state index contributed by atoms with van der Waals surface area (Å²) in [4.78, 5) is 11.6. The molecule has 0 saturated heterocycles. The Labute approximate surface area is 164 Å². The summed E-state index contributed by atoms with van der Waals surface area (Å²) in [6.45, 7) is 8.07. The third kappa shape index (κ3) is 21.5. The summed E-state index contributed by atoms with van der Waals surface area (Å²) in [6.07, 6.45) is 23.8. The summed E-state index contributed by atoms with van der Waals surface area (Å²) in [5.41, 5.74) is -0.342. The lowest BCUT2D eigenvalue weighted by Crippen LogP contribution is -2.23. The van der Waals surface area contributed by atoms with Crippen LogP contribution in [0.5, 0.6) is 0 Å². The van der Waals surface area contributed by atoms with Gasteiger partial charge >= 0.3 is 5.97 Å². The third-order valence-corrected chi connectivity index (χ3v) is 4.90. The quantitative estimate of drug-likeness (QED) is 0.179. The van der Waals surface area contributed by atoms with Crippen LogP contribution in [0.1, 0.15) is 143 Å². The lowest BCUT2D eigenvalue weighted by atomic mass is 10.0. The Morgan fingerprint density at radius 2 is 0.885 bits per heavy atom. The summed E-state index contributed by atoms with van der Waals surface area (Å²) >= 11 is 0. The van der Waals surface area contributed by atoms with Crippen molar-refractivity contribution in [2.24, 2.45) is 0 Å². The molecule has 2 heteroatoms. The number of hydrogen-bond donors (Lipinski definition) is 0. The van der Waals surface area contributed by atoms with E-state index in [0.29, 0.717) is 6.42 Å². The molecule has 0 aliphatic carbocycles. The van der Waals surface area contributed by atoms with Gasteiger partial charge in [0.15, 0.2) is 0 Å². The van der Waals surface area contributed by atoms with Gasteiger partial charge in [0.1, 0.15) is 5.60 Å². The molecule has 0 atom stereocenters. The Hall–Kier alpha value is -0.530. The molecule has 2 nitrogen and oxygen atoms in total. The molecule has 0 amide bonds. The average Bonchev–Trinajstić information content (AvgIpc) is 2.56. The summed E-state index contributed by atoms with van der Waals surface area (Å²) in [6, 6.07) is 0. The normalized spacial score (nSPS) is 11.7. The Morgan fingerprint density at radius 1 is 0.577 bits per heavy atom. The highest BCUT2D eigenvalue weighted by molar-refractivity contribution is 5.69. The first-order valence-corrected chi connectivity index (χ1v) is 11.7. The molecule has 26 heavy (non-hydrogen) atoms. The number of esters is 1. The highest BCUT2D eigenvalue weighted by atomic mass is 16.6. The smallest absolute Gasteiger partial charge is 0.306 e. The van der Waals surface area contributed by atoms with Gasteiger partial charge in [0.2, 0.25) is 0 Å². The minimum atomic E-state index is -0.342. The van der Waals surface area contributed by atoms with Gasteiger partial charge in [-0.05, 0) is 27.2 Å². The van der Waals surface area contributed by atoms with E-state index in [1.54, 1.807) is 0 Å². The van der Waals surface area contributed by atoms with Gasteiger partial charge in [-0.3, -0.25) is 4.79 Å². The van der Waals surface area contributed by atoms with Gasteiger partial charge in [0, 0.05) is 6.42 Å². The first kappa shape index (κ1) is 25.5. The molecule has 0 spiro atoms. The largest absolute Gasteiger partial charge is 0.460 e. The zero-order valence-corrected chi connectivity index (χ0v) is 18.5. The van der Waals surface area contributed by atoms with Crippen LogP contribution in [0.3, 0.4) is 0 Å². The number of carbonyl (C=O) groups is 1. The first-order chi connectivity index (χ1) is 12.5. The van der Waals surface area contributed by atoms with Crippen LogP contribution in [0.4, 0.5) is 0 Å². The standard InChI is InChI=1S/C24H48O2/c1-5-6-7-8-9-10-11-12-13-14-15-16-17-18-19-20-21-22-23(25)26-24(2,3)4/h5-22H2,1-4H3. The second-order valence-electron chi connectivity index (χ2n) is 8.99. The molecule has 0 fully saturated rings. The predicted octanol–water partition coefficient (Wildman–Crippen LogP) is 8.37. The number of unbranched alkanes of at least 4 members (excludes halogenated alkanes) is 16. The molecular formula is C24H48O2. The second kappa shape index (κ2) is 17.9. The molecule has 156 valence electrons. The number of carbonyl (C=O) groups excluding carboxylic acids is 1. The van der Waals surface area contributed by atoms with Crippen molar-refractivity contribution >= 4 is 5.97 Å². The van der Waals surface area contributed by atoms with Gasteiger partial charge < -0.3 is 4.74 Å². The fourth-order valence-electron chi connectivity index (χ4n) is 3.39. The van der Waals surface area contributed by atoms with Crippen LogP contribution in [0.2, 0.25) is 0 Å². The van der Waals surface area contributed by atoms with Crippen LogP contribution in [-0.4, -0.2) is 11.6 Å². The highest BCUT2D eigenvalue weighted by Crippen LogP contribution is 2.15. The van der Waals surface area contributed by atoms with Gasteiger partial charge in [-0.2, -0.15) is 0 Å². The van der Waals surface area contributed by atoms with Crippen LogP contribution >= 0.6 is 0 Å². The second-order valence-corrected chi connectivity index (χ2v) is 8.99. The summed E-state index contributed by atoms with van der Waals surface area (Å²) in [5.74, 6) is -0.0431. The van der Waals surface area contributed by atoms with Crippen molar-refractivity contribution in [1.82, 2.24) is 0 Å². The molecule has 0 aromatic carbocycles. The maximum atomic E-state index is 11.6. The fourth-order valence-corrected chi connectivity index (χ4v) is 3.39. The maximum Gasteiger partial charge on any atom is 0.306 e. The Balaban J connectivity index is 3.12. The SMILES string of the molecule is CCCCCCCCCCCCCCCCCCCC(=O)OC(C)(C)C. The molecule has 0 aromatic heterocycles. The van der Waals surface area contributed by atoms with E-state index in [4.69, 9.17) is 4.74 Å². The van der Waals surface area contributed by atoms with Crippen molar-refractivity contribution in [3.05, 3.63) is 0 Å². The van der Waals surface area contributed by atoms with Crippen molar-refractivity contribution in [1.29, 1.82) is 0 Å². The lowest BCUT2D eigenvalue weighted by molar-refractivity contribution is -0.154. The van der Waals surface area contributed by atoms with E-state index in [2.05, 4.69) is 6.92 Å². The van der Waals surface area contributed by atoms with E-state index < -0.39 is 0 Å². The average molecular weight is 369 g/mol. The summed E-state index contributed by atoms with van der Waals surface area (Å²) < 4.78 is 5.33. The van der Waals surface area contributed by atoms with Crippen molar-refractivity contribution in [2.75, 3.05) is 0 Å². The van der Waals surface area contributed by atoms with Crippen LogP contribution in [0.15, 0.2) is 0 Å².